The summed E-state index contributed by atoms with van der Waals surface area (Å²) in [5.74, 6) is -0.767. The fourth-order valence-corrected chi connectivity index (χ4v) is 6.53. The minimum Gasteiger partial charge on any atom is -0.497 e. The fraction of sp³-hybridized carbons (Fsp3) is 0.588. The van der Waals surface area contributed by atoms with Gasteiger partial charge in [0.05, 0.1) is 37.9 Å². The summed E-state index contributed by atoms with van der Waals surface area (Å²) in [6.45, 7) is 15.8. The first-order chi connectivity index (χ1) is 20.2. The van der Waals surface area contributed by atoms with Crippen LogP contribution in [0.3, 0.4) is 0 Å². The molecule has 1 saturated heterocycles. The molecule has 3 rings (SSSR count). The van der Waals surface area contributed by atoms with Gasteiger partial charge in [-0.3, -0.25) is 4.79 Å². The average Bonchev–Trinajstić information content (AvgIpc) is 3.34. The second-order valence-electron chi connectivity index (χ2n) is 13.2. The molecule has 8 nitrogen and oxygen atoms in total. The van der Waals surface area contributed by atoms with Gasteiger partial charge in [0.1, 0.15) is 12.4 Å². The van der Waals surface area contributed by atoms with Gasteiger partial charge < -0.3 is 23.7 Å². The lowest BCUT2D eigenvalue weighted by Gasteiger charge is -2.42. The maximum atomic E-state index is 13.6. The van der Waals surface area contributed by atoms with Crippen LogP contribution in [0.1, 0.15) is 58.6 Å². The number of ether oxygens (including phenoxy) is 3. The summed E-state index contributed by atoms with van der Waals surface area (Å²) in [5, 5.41) is 11.5. The van der Waals surface area contributed by atoms with Gasteiger partial charge in [0.25, 0.3) is 0 Å². The van der Waals surface area contributed by atoms with Gasteiger partial charge in [-0.05, 0) is 60.7 Å². The van der Waals surface area contributed by atoms with Crippen molar-refractivity contribution in [3.05, 3.63) is 65.7 Å². The molecule has 1 aliphatic rings. The largest absolute Gasteiger partial charge is 0.497 e. The molecule has 0 aliphatic carbocycles. The lowest BCUT2D eigenvalue weighted by Crippen LogP contribution is -2.50. The summed E-state index contributed by atoms with van der Waals surface area (Å²) in [4.78, 5) is 27.5. The Hall–Kier alpha value is -2.72. The predicted octanol–water partition coefficient (Wildman–Crippen LogP) is 6.61. The number of cyclic esters (lactones) is 1. The van der Waals surface area contributed by atoms with Crippen molar-refractivity contribution in [2.75, 3.05) is 20.3 Å². The van der Waals surface area contributed by atoms with E-state index in [1.54, 1.807) is 14.0 Å². The Labute approximate surface area is 258 Å². The van der Waals surface area contributed by atoms with Crippen molar-refractivity contribution in [2.45, 2.75) is 96.9 Å². The first-order valence-corrected chi connectivity index (χ1v) is 18.3. The van der Waals surface area contributed by atoms with Crippen molar-refractivity contribution in [3.63, 3.8) is 0 Å². The maximum absolute atomic E-state index is 13.6. The highest BCUT2D eigenvalue weighted by Gasteiger charge is 2.45. The van der Waals surface area contributed by atoms with E-state index < -0.39 is 38.4 Å². The summed E-state index contributed by atoms with van der Waals surface area (Å²) in [6, 6.07) is 17.1. The summed E-state index contributed by atoms with van der Waals surface area (Å²) in [5.41, 5.74) is 2.08. The second kappa shape index (κ2) is 15.3. The molecule has 0 radical (unpaired) electrons. The van der Waals surface area contributed by atoms with Crippen LogP contribution in [0.2, 0.25) is 18.1 Å². The molecule has 2 amide bonds. The van der Waals surface area contributed by atoms with Crippen LogP contribution in [0.4, 0.5) is 4.79 Å². The smallest absolute Gasteiger partial charge is 0.416 e. The number of benzene rings is 2. The minimum atomic E-state index is -2.19. The second-order valence-corrected chi connectivity index (χ2v) is 18.0. The van der Waals surface area contributed by atoms with Gasteiger partial charge >= 0.3 is 6.09 Å². The number of aliphatic hydroxyl groups excluding tert-OH is 1. The van der Waals surface area contributed by atoms with Gasteiger partial charge in [0.15, 0.2) is 8.32 Å². The number of nitrogens with zero attached hydrogens (tertiary/aromatic N) is 1. The normalized spacial score (nSPS) is 18.6. The number of carbonyl (C=O) groups excluding carboxylic acids is 2. The molecule has 9 heteroatoms. The van der Waals surface area contributed by atoms with E-state index in [0.717, 1.165) is 23.3 Å². The monoisotopic (exact) mass is 613 g/mol. The Kier molecular flexibility index (Phi) is 12.4. The van der Waals surface area contributed by atoms with Crippen molar-refractivity contribution < 1.29 is 33.3 Å². The van der Waals surface area contributed by atoms with E-state index in [-0.39, 0.29) is 23.7 Å². The third-order valence-electron chi connectivity index (χ3n) is 9.00. The summed E-state index contributed by atoms with van der Waals surface area (Å²) in [7, 11) is -0.549. The van der Waals surface area contributed by atoms with E-state index >= 15 is 0 Å². The lowest BCUT2D eigenvalue weighted by molar-refractivity contribution is -0.138. The Morgan fingerprint density at radius 3 is 2.33 bits per heavy atom. The molecular weight excluding hydrogens is 562 g/mol. The van der Waals surface area contributed by atoms with Gasteiger partial charge in [-0.15, -0.1) is 0 Å². The molecule has 1 fully saturated rings. The van der Waals surface area contributed by atoms with Crippen LogP contribution in [0.25, 0.3) is 0 Å². The molecule has 0 saturated carbocycles. The molecule has 1 aliphatic heterocycles. The molecule has 2 aromatic carbocycles. The first kappa shape index (κ1) is 34.8. The molecule has 43 heavy (non-hydrogen) atoms. The maximum Gasteiger partial charge on any atom is 0.416 e. The molecule has 0 bridgehead atoms. The average molecular weight is 614 g/mol. The van der Waals surface area contributed by atoms with Gasteiger partial charge in [0, 0.05) is 12.5 Å². The molecule has 2 aromatic rings. The Morgan fingerprint density at radius 1 is 1.07 bits per heavy atom. The standard InChI is InChI=1S/C34H51NO7Si/c1-24(31(36)25(2)32(37)35-28(23-41-33(35)38)21-26-13-10-9-11-14-26)30(42-43(7,8)34(3,4)5)15-12-20-40-22-27-16-18-29(39-6)19-17-27/h9-11,13-14,16-19,24-25,28,30-31,36H,12,15,20-23H2,1-8H3/t24-,25-,28-,30+,31+/m1/s1. The highest BCUT2D eigenvalue weighted by Crippen LogP contribution is 2.39. The molecular formula is C34H51NO7Si. The predicted molar refractivity (Wildman–Crippen MR) is 170 cm³/mol. The SMILES string of the molecule is COc1ccc(COCCC[C@H](O[Si](C)(C)C(C)(C)C)[C@@H](C)[C@H](O)[C@@H](C)C(=O)N2C(=O)OC[C@H]2Cc2ccccc2)cc1. The first-order valence-electron chi connectivity index (χ1n) is 15.4. The van der Waals surface area contributed by atoms with E-state index in [2.05, 4.69) is 33.9 Å². The molecule has 0 unspecified atom stereocenters. The van der Waals surface area contributed by atoms with Crippen LogP contribution < -0.4 is 4.74 Å². The van der Waals surface area contributed by atoms with Crippen molar-refractivity contribution >= 4 is 20.3 Å². The Morgan fingerprint density at radius 2 is 1.72 bits per heavy atom. The number of hydrogen-bond donors (Lipinski definition) is 1. The molecule has 238 valence electrons. The van der Waals surface area contributed by atoms with Crippen molar-refractivity contribution in [3.8, 4) is 5.75 Å². The van der Waals surface area contributed by atoms with Crippen LogP contribution in [0.5, 0.6) is 5.75 Å². The Bertz CT molecular complexity index is 1170. The van der Waals surface area contributed by atoms with Crippen LogP contribution in [0, 0.1) is 11.8 Å². The highest BCUT2D eigenvalue weighted by atomic mass is 28.4. The van der Waals surface area contributed by atoms with E-state index in [0.29, 0.717) is 26.1 Å². The zero-order valence-corrected chi connectivity index (χ0v) is 28.2. The summed E-state index contributed by atoms with van der Waals surface area (Å²) < 4.78 is 23.3. The topological polar surface area (TPSA) is 94.5 Å². The number of hydrogen-bond acceptors (Lipinski definition) is 7. The van der Waals surface area contributed by atoms with Crippen molar-refractivity contribution in [2.24, 2.45) is 11.8 Å². The van der Waals surface area contributed by atoms with E-state index in [1.807, 2.05) is 61.5 Å². The van der Waals surface area contributed by atoms with Crippen LogP contribution in [0.15, 0.2) is 54.6 Å². The van der Waals surface area contributed by atoms with Crippen LogP contribution in [-0.2, 0) is 31.7 Å². The number of rotatable bonds is 15. The number of methoxy groups -OCH3 is 1. The Balaban J connectivity index is 1.66. The number of amides is 2. The van der Waals surface area contributed by atoms with Crippen molar-refractivity contribution in [1.82, 2.24) is 4.90 Å². The zero-order chi connectivity index (χ0) is 31.8. The number of imide groups is 1. The quantitative estimate of drug-likeness (QED) is 0.179. The molecule has 0 spiro atoms. The minimum absolute atomic E-state index is 0.0216. The number of aliphatic hydroxyl groups is 1. The zero-order valence-electron chi connectivity index (χ0n) is 27.2. The summed E-state index contributed by atoms with van der Waals surface area (Å²) in [6.07, 6.45) is -0.0108. The van der Waals surface area contributed by atoms with Gasteiger partial charge in [-0.25, -0.2) is 9.69 Å². The van der Waals surface area contributed by atoms with Crippen LogP contribution >= 0.6 is 0 Å². The van der Waals surface area contributed by atoms with E-state index in [1.165, 1.54) is 4.90 Å². The number of carbonyl (C=O) groups is 2. The molecule has 0 aromatic heterocycles. The third kappa shape index (κ3) is 9.38. The van der Waals surface area contributed by atoms with E-state index in [4.69, 9.17) is 18.6 Å². The lowest BCUT2D eigenvalue weighted by atomic mass is 9.86. The van der Waals surface area contributed by atoms with Gasteiger partial charge in [0.2, 0.25) is 5.91 Å². The highest BCUT2D eigenvalue weighted by molar-refractivity contribution is 6.74. The third-order valence-corrected chi connectivity index (χ3v) is 13.5. The molecule has 1 N–H and O–H groups in total. The summed E-state index contributed by atoms with van der Waals surface area (Å²) >= 11 is 0. The van der Waals surface area contributed by atoms with Crippen LogP contribution in [-0.4, -0.2) is 68.9 Å². The molecule has 1 heterocycles. The van der Waals surface area contributed by atoms with Crippen molar-refractivity contribution in [1.29, 1.82) is 0 Å². The van der Waals surface area contributed by atoms with E-state index in [9.17, 15) is 14.7 Å². The van der Waals surface area contributed by atoms with Gasteiger partial charge in [-0.1, -0.05) is 77.1 Å². The fourth-order valence-electron chi connectivity index (χ4n) is 5.09. The van der Waals surface area contributed by atoms with Gasteiger partial charge in [-0.2, -0.15) is 0 Å². The molecule has 5 atom stereocenters.